The lowest BCUT2D eigenvalue weighted by Crippen LogP contribution is -2.24. The summed E-state index contributed by atoms with van der Waals surface area (Å²) in [5.74, 6) is -0.640. The van der Waals surface area contributed by atoms with Crippen LogP contribution in [0, 0.1) is 17.7 Å². The number of benzene rings is 1. The summed E-state index contributed by atoms with van der Waals surface area (Å²) in [6.45, 7) is 3.89. The van der Waals surface area contributed by atoms with Gasteiger partial charge in [-0.05, 0) is 18.1 Å². The first-order chi connectivity index (χ1) is 8.69. The van der Waals surface area contributed by atoms with Crippen LogP contribution in [-0.4, -0.2) is 20.8 Å². The van der Waals surface area contributed by atoms with Gasteiger partial charge in [-0.15, -0.1) is 0 Å². The van der Waals surface area contributed by atoms with Crippen LogP contribution in [0.5, 0.6) is 5.75 Å². The quantitative estimate of drug-likeness (QED) is 0.748. The van der Waals surface area contributed by atoms with E-state index in [0.29, 0.717) is 5.75 Å². The van der Waals surface area contributed by atoms with Crippen LogP contribution in [0.4, 0.5) is 4.39 Å². The van der Waals surface area contributed by atoms with Crippen LogP contribution in [-0.2, 0) is 9.05 Å². The van der Waals surface area contributed by atoms with E-state index in [1.54, 1.807) is 0 Å². The lowest BCUT2D eigenvalue weighted by Gasteiger charge is -2.19. The molecule has 19 heavy (non-hydrogen) atoms. The van der Waals surface area contributed by atoms with Crippen molar-refractivity contribution >= 4 is 31.3 Å². The van der Waals surface area contributed by atoms with Gasteiger partial charge in [0.1, 0.15) is 11.6 Å². The third-order valence-corrected chi connectivity index (χ3v) is 4.22. The Bertz CT molecular complexity index is 532. The maximum absolute atomic E-state index is 13.2. The molecular weight excluding hydrogens is 314 g/mol. The lowest BCUT2D eigenvalue weighted by atomic mass is 9.99. The van der Waals surface area contributed by atoms with Gasteiger partial charge in [0.2, 0.25) is 9.05 Å². The molecule has 0 aliphatic heterocycles. The number of rotatable bonds is 6. The minimum Gasteiger partial charge on any atom is -0.493 e. The van der Waals surface area contributed by atoms with Crippen molar-refractivity contribution in [3.8, 4) is 5.75 Å². The predicted octanol–water partition coefficient (Wildman–Crippen LogP) is 3.70. The van der Waals surface area contributed by atoms with E-state index < -0.39 is 14.9 Å². The molecular formula is C12H15Cl2FO3S. The average Bonchev–Trinajstić information content (AvgIpc) is 2.27. The van der Waals surface area contributed by atoms with Gasteiger partial charge >= 0.3 is 0 Å². The molecule has 1 unspecified atom stereocenters. The zero-order valence-electron chi connectivity index (χ0n) is 10.6. The highest BCUT2D eigenvalue weighted by Gasteiger charge is 2.21. The van der Waals surface area contributed by atoms with Crippen LogP contribution in [0.1, 0.15) is 13.8 Å². The van der Waals surface area contributed by atoms with Gasteiger partial charge < -0.3 is 4.74 Å². The lowest BCUT2D eigenvalue weighted by molar-refractivity contribution is 0.224. The minimum atomic E-state index is -3.59. The number of hydrogen-bond acceptors (Lipinski definition) is 3. The Labute approximate surface area is 122 Å². The highest BCUT2D eigenvalue weighted by atomic mass is 35.7. The Morgan fingerprint density at radius 2 is 2.00 bits per heavy atom. The molecule has 0 aliphatic rings. The van der Waals surface area contributed by atoms with Crippen molar-refractivity contribution in [1.82, 2.24) is 0 Å². The largest absolute Gasteiger partial charge is 0.493 e. The van der Waals surface area contributed by atoms with Crippen LogP contribution in [0.15, 0.2) is 18.2 Å². The number of halogens is 3. The molecule has 0 heterocycles. The molecule has 1 aromatic rings. The molecule has 0 fully saturated rings. The van der Waals surface area contributed by atoms with E-state index >= 15 is 0 Å². The zero-order valence-corrected chi connectivity index (χ0v) is 12.9. The molecule has 0 amide bonds. The smallest absolute Gasteiger partial charge is 0.233 e. The fourth-order valence-corrected chi connectivity index (χ4v) is 3.05. The topological polar surface area (TPSA) is 43.4 Å². The molecule has 0 N–H and O–H groups in total. The molecule has 0 radical (unpaired) electrons. The molecule has 0 bridgehead atoms. The highest BCUT2D eigenvalue weighted by molar-refractivity contribution is 8.13. The fourth-order valence-electron chi connectivity index (χ4n) is 1.46. The average molecular weight is 329 g/mol. The van der Waals surface area contributed by atoms with E-state index in [1.807, 2.05) is 13.8 Å². The Hall–Kier alpha value is -0.520. The van der Waals surface area contributed by atoms with Crippen molar-refractivity contribution in [3.05, 3.63) is 29.0 Å². The standard InChI is InChI=1S/C12H15Cl2FO3S/c1-8(2)9(7-19(14,16)17)6-18-10-3-4-11(13)12(15)5-10/h3-5,8-9H,6-7H2,1-2H3. The first kappa shape index (κ1) is 16.5. The molecule has 108 valence electrons. The highest BCUT2D eigenvalue weighted by Crippen LogP contribution is 2.22. The summed E-state index contributed by atoms with van der Waals surface area (Å²) in [7, 11) is 1.65. The van der Waals surface area contributed by atoms with Gasteiger partial charge in [0, 0.05) is 22.7 Å². The van der Waals surface area contributed by atoms with Crippen molar-refractivity contribution in [3.63, 3.8) is 0 Å². The van der Waals surface area contributed by atoms with Gasteiger partial charge in [0.25, 0.3) is 0 Å². The molecule has 3 nitrogen and oxygen atoms in total. The van der Waals surface area contributed by atoms with Gasteiger partial charge in [-0.1, -0.05) is 25.4 Å². The van der Waals surface area contributed by atoms with E-state index in [2.05, 4.69) is 0 Å². The Morgan fingerprint density at radius 3 is 2.47 bits per heavy atom. The second kappa shape index (κ2) is 6.77. The maximum Gasteiger partial charge on any atom is 0.233 e. The van der Waals surface area contributed by atoms with E-state index in [9.17, 15) is 12.8 Å². The molecule has 1 aromatic carbocycles. The minimum absolute atomic E-state index is 0.0103. The van der Waals surface area contributed by atoms with Crippen molar-refractivity contribution in [2.45, 2.75) is 13.8 Å². The fraction of sp³-hybridized carbons (Fsp3) is 0.500. The predicted molar refractivity (Wildman–Crippen MR) is 74.9 cm³/mol. The normalized spacial score (nSPS) is 13.6. The van der Waals surface area contributed by atoms with E-state index in [-0.39, 0.29) is 29.2 Å². The maximum atomic E-state index is 13.2. The number of ether oxygens (including phenoxy) is 1. The first-order valence-corrected chi connectivity index (χ1v) is 8.55. The monoisotopic (exact) mass is 328 g/mol. The summed E-state index contributed by atoms with van der Waals surface area (Å²) in [4.78, 5) is 0. The summed E-state index contributed by atoms with van der Waals surface area (Å²) in [6, 6.07) is 4.07. The second-order valence-electron chi connectivity index (χ2n) is 4.60. The van der Waals surface area contributed by atoms with E-state index in [1.165, 1.54) is 12.1 Å². The van der Waals surface area contributed by atoms with Crippen LogP contribution in [0.2, 0.25) is 5.02 Å². The molecule has 0 saturated heterocycles. The van der Waals surface area contributed by atoms with Crippen LogP contribution in [0.25, 0.3) is 0 Å². The summed E-state index contributed by atoms with van der Waals surface area (Å²) in [5, 5.41) is 0.0103. The van der Waals surface area contributed by atoms with Crippen molar-refractivity contribution in [2.75, 3.05) is 12.4 Å². The summed E-state index contributed by atoms with van der Waals surface area (Å²) in [5.41, 5.74) is 0. The Kier molecular flexibility index (Phi) is 5.89. The second-order valence-corrected chi connectivity index (χ2v) is 7.83. The van der Waals surface area contributed by atoms with Gasteiger partial charge in [-0.3, -0.25) is 0 Å². The first-order valence-electron chi connectivity index (χ1n) is 5.69. The van der Waals surface area contributed by atoms with Crippen molar-refractivity contribution in [1.29, 1.82) is 0 Å². The number of hydrogen-bond donors (Lipinski definition) is 0. The van der Waals surface area contributed by atoms with Crippen molar-refractivity contribution in [2.24, 2.45) is 11.8 Å². The van der Waals surface area contributed by atoms with Crippen LogP contribution in [0.3, 0.4) is 0 Å². The molecule has 0 saturated carbocycles. The summed E-state index contributed by atoms with van der Waals surface area (Å²) < 4.78 is 40.8. The molecule has 1 rings (SSSR count). The molecule has 1 atom stereocenters. The van der Waals surface area contributed by atoms with Gasteiger partial charge in [0.15, 0.2) is 0 Å². The molecule has 0 spiro atoms. The molecule has 0 aromatic heterocycles. The van der Waals surface area contributed by atoms with Gasteiger partial charge in [-0.2, -0.15) is 0 Å². The molecule has 0 aliphatic carbocycles. The summed E-state index contributed by atoms with van der Waals surface area (Å²) in [6.07, 6.45) is 0. The SMILES string of the molecule is CC(C)C(COc1ccc(Cl)c(F)c1)CS(=O)(=O)Cl. The van der Waals surface area contributed by atoms with E-state index in [4.69, 9.17) is 27.0 Å². The molecule has 7 heteroatoms. The third-order valence-electron chi connectivity index (χ3n) is 2.71. The van der Waals surface area contributed by atoms with E-state index in [0.717, 1.165) is 6.07 Å². The van der Waals surface area contributed by atoms with Crippen LogP contribution >= 0.6 is 22.3 Å². The van der Waals surface area contributed by atoms with Gasteiger partial charge in [-0.25, -0.2) is 12.8 Å². The van der Waals surface area contributed by atoms with Crippen LogP contribution < -0.4 is 4.74 Å². The Balaban J connectivity index is 2.68. The van der Waals surface area contributed by atoms with Crippen molar-refractivity contribution < 1.29 is 17.5 Å². The summed E-state index contributed by atoms with van der Waals surface area (Å²) >= 11 is 5.55. The van der Waals surface area contributed by atoms with Gasteiger partial charge in [0.05, 0.1) is 17.4 Å². The third kappa shape index (κ3) is 5.97. The Morgan fingerprint density at radius 1 is 1.37 bits per heavy atom. The zero-order chi connectivity index (χ0) is 14.6.